The maximum Gasteiger partial charge on any atom is 0.345 e. The number of aryl methyl sites for hydroxylation is 1. The van der Waals surface area contributed by atoms with Gasteiger partial charge in [-0.1, -0.05) is 24.3 Å². The second kappa shape index (κ2) is 8.29. The molecule has 0 saturated carbocycles. The fourth-order valence-corrected chi connectivity index (χ4v) is 2.76. The zero-order valence-electron chi connectivity index (χ0n) is 13.6. The van der Waals surface area contributed by atoms with Gasteiger partial charge in [-0.3, -0.25) is 14.9 Å². The Labute approximate surface area is 148 Å². The Hall–Kier alpha value is -2.87. The molecule has 0 saturated heterocycles. The predicted molar refractivity (Wildman–Crippen MR) is 95.0 cm³/mol. The Morgan fingerprint density at radius 3 is 2.60 bits per heavy atom. The first-order valence-electron chi connectivity index (χ1n) is 7.28. The van der Waals surface area contributed by atoms with E-state index in [0.717, 1.165) is 4.90 Å². The van der Waals surface area contributed by atoms with E-state index in [1.807, 2.05) is 18.4 Å². The molecule has 0 spiro atoms. The van der Waals surface area contributed by atoms with Crippen LogP contribution in [0.2, 0.25) is 0 Å². The molecule has 7 nitrogen and oxygen atoms in total. The number of benzene rings is 2. The number of para-hydroxylation sites is 2. The molecule has 0 unspecified atom stereocenters. The van der Waals surface area contributed by atoms with Crippen molar-refractivity contribution >= 4 is 35.0 Å². The molecule has 0 aliphatic heterocycles. The van der Waals surface area contributed by atoms with E-state index in [-0.39, 0.29) is 11.3 Å². The van der Waals surface area contributed by atoms with Crippen LogP contribution in [0.3, 0.4) is 0 Å². The Morgan fingerprint density at radius 1 is 1.20 bits per heavy atom. The third-order valence-corrected chi connectivity index (χ3v) is 4.15. The van der Waals surface area contributed by atoms with Crippen LogP contribution < -0.4 is 5.32 Å². The molecule has 0 heterocycles. The summed E-state index contributed by atoms with van der Waals surface area (Å²) in [6.07, 6.45) is 1.88. The zero-order valence-corrected chi connectivity index (χ0v) is 14.5. The number of amides is 1. The largest absolute Gasteiger partial charge is 0.452 e. The first-order chi connectivity index (χ1) is 11.9. The van der Waals surface area contributed by atoms with Crippen LogP contribution in [0.15, 0.2) is 47.4 Å². The molecule has 0 aliphatic rings. The smallest absolute Gasteiger partial charge is 0.345 e. The van der Waals surface area contributed by atoms with Crippen LogP contribution in [0.5, 0.6) is 0 Å². The maximum atomic E-state index is 12.1. The summed E-state index contributed by atoms with van der Waals surface area (Å²) in [5.74, 6) is -1.44. The minimum Gasteiger partial charge on any atom is -0.452 e. The number of ether oxygens (including phenoxy) is 1. The Kier molecular flexibility index (Phi) is 6.13. The van der Waals surface area contributed by atoms with E-state index in [1.54, 1.807) is 12.1 Å². The van der Waals surface area contributed by atoms with Gasteiger partial charge in [0.15, 0.2) is 6.61 Å². The van der Waals surface area contributed by atoms with Crippen LogP contribution in [0.4, 0.5) is 11.4 Å². The van der Waals surface area contributed by atoms with Crippen molar-refractivity contribution in [2.75, 3.05) is 18.2 Å². The van der Waals surface area contributed by atoms with E-state index in [0.29, 0.717) is 11.3 Å². The van der Waals surface area contributed by atoms with Gasteiger partial charge in [0.1, 0.15) is 5.56 Å². The van der Waals surface area contributed by atoms with E-state index in [2.05, 4.69) is 5.32 Å². The van der Waals surface area contributed by atoms with Crippen LogP contribution >= 0.6 is 11.8 Å². The highest BCUT2D eigenvalue weighted by molar-refractivity contribution is 7.98. The van der Waals surface area contributed by atoms with Crippen molar-refractivity contribution in [2.45, 2.75) is 11.8 Å². The number of nitrogens with zero attached hydrogens (tertiary/aromatic N) is 1. The number of thioether (sulfide) groups is 1. The van der Waals surface area contributed by atoms with Gasteiger partial charge in [0.25, 0.3) is 11.6 Å². The molecular weight excluding hydrogens is 344 g/mol. The van der Waals surface area contributed by atoms with Gasteiger partial charge in [0.2, 0.25) is 0 Å². The van der Waals surface area contributed by atoms with Gasteiger partial charge in [0, 0.05) is 10.5 Å². The molecule has 2 aromatic carbocycles. The normalized spacial score (nSPS) is 10.2. The van der Waals surface area contributed by atoms with E-state index in [4.69, 9.17) is 4.74 Å². The van der Waals surface area contributed by atoms with Gasteiger partial charge >= 0.3 is 5.97 Å². The lowest BCUT2D eigenvalue weighted by Gasteiger charge is -2.10. The second-order valence-corrected chi connectivity index (χ2v) is 5.90. The average Bonchev–Trinajstić information content (AvgIpc) is 2.59. The van der Waals surface area contributed by atoms with Crippen molar-refractivity contribution in [3.8, 4) is 0 Å². The fourth-order valence-electron chi connectivity index (χ4n) is 2.21. The van der Waals surface area contributed by atoms with Crippen LogP contribution in [0.1, 0.15) is 15.9 Å². The number of anilines is 1. The zero-order chi connectivity index (χ0) is 18.4. The minimum atomic E-state index is -0.913. The number of hydrogen-bond acceptors (Lipinski definition) is 6. The van der Waals surface area contributed by atoms with Crippen LogP contribution in [0.25, 0.3) is 0 Å². The Bertz CT molecular complexity index is 822. The number of nitro groups is 1. The lowest BCUT2D eigenvalue weighted by molar-refractivity contribution is -0.385. The molecule has 8 heteroatoms. The van der Waals surface area contributed by atoms with Crippen LogP contribution in [0, 0.1) is 17.0 Å². The van der Waals surface area contributed by atoms with Crippen LogP contribution in [-0.2, 0) is 9.53 Å². The number of esters is 1. The molecule has 130 valence electrons. The summed E-state index contributed by atoms with van der Waals surface area (Å²) >= 11 is 1.47. The number of rotatable bonds is 6. The SMILES string of the molecule is CSc1ccccc1NC(=O)COC(=O)c1cccc(C)c1[N+](=O)[O-]. The highest BCUT2D eigenvalue weighted by atomic mass is 32.2. The summed E-state index contributed by atoms with van der Waals surface area (Å²) in [6.45, 7) is 0.994. The summed E-state index contributed by atoms with van der Waals surface area (Å²) in [7, 11) is 0. The standard InChI is InChI=1S/C17H16N2O5S/c1-11-6-5-7-12(16(11)19(22)23)17(21)24-10-15(20)18-13-8-3-4-9-14(13)25-2/h3-9H,10H2,1-2H3,(H,18,20). The van der Waals surface area contributed by atoms with Gasteiger partial charge < -0.3 is 10.1 Å². The molecule has 0 atom stereocenters. The second-order valence-electron chi connectivity index (χ2n) is 5.05. The van der Waals surface area contributed by atoms with E-state index >= 15 is 0 Å². The van der Waals surface area contributed by atoms with Gasteiger partial charge in [0.05, 0.1) is 10.6 Å². The first-order valence-corrected chi connectivity index (χ1v) is 8.50. The van der Waals surface area contributed by atoms with Gasteiger partial charge in [-0.2, -0.15) is 0 Å². The summed E-state index contributed by atoms with van der Waals surface area (Å²) in [6, 6.07) is 11.6. The number of hydrogen-bond donors (Lipinski definition) is 1. The van der Waals surface area contributed by atoms with Crippen molar-refractivity contribution in [1.29, 1.82) is 0 Å². The molecule has 2 aromatic rings. The van der Waals surface area contributed by atoms with Crippen molar-refractivity contribution in [3.05, 3.63) is 63.7 Å². The number of nitrogens with one attached hydrogen (secondary N) is 1. The topological polar surface area (TPSA) is 98.5 Å². The molecule has 0 radical (unpaired) electrons. The lowest BCUT2D eigenvalue weighted by atomic mass is 10.1. The van der Waals surface area contributed by atoms with E-state index in [9.17, 15) is 19.7 Å². The van der Waals surface area contributed by atoms with Gasteiger partial charge in [-0.15, -0.1) is 11.8 Å². The molecule has 1 amide bonds. The molecule has 0 bridgehead atoms. The Morgan fingerprint density at radius 2 is 1.92 bits per heavy atom. The number of carbonyl (C=O) groups excluding carboxylic acids is 2. The molecule has 1 N–H and O–H groups in total. The minimum absolute atomic E-state index is 0.178. The highest BCUT2D eigenvalue weighted by Gasteiger charge is 2.24. The summed E-state index contributed by atoms with van der Waals surface area (Å²) in [5.41, 5.74) is 0.457. The summed E-state index contributed by atoms with van der Waals surface area (Å²) in [4.78, 5) is 35.4. The van der Waals surface area contributed by atoms with Crippen molar-refractivity contribution < 1.29 is 19.2 Å². The maximum absolute atomic E-state index is 12.1. The molecule has 2 rings (SSSR count). The lowest BCUT2D eigenvalue weighted by Crippen LogP contribution is -2.21. The molecular formula is C17H16N2O5S. The third-order valence-electron chi connectivity index (χ3n) is 3.36. The molecule has 0 aliphatic carbocycles. The van der Waals surface area contributed by atoms with Crippen molar-refractivity contribution in [3.63, 3.8) is 0 Å². The molecule has 0 fully saturated rings. The van der Waals surface area contributed by atoms with Gasteiger partial charge in [-0.05, 0) is 31.4 Å². The highest BCUT2D eigenvalue weighted by Crippen LogP contribution is 2.25. The fraction of sp³-hybridized carbons (Fsp3) is 0.176. The monoisotopic (exact) mass is 360 g/mol. The number of carbonyl (C=O) groups is 2. The number of nitro benzene ring substituents is 1. The predicted octanol–water partition coefficient (Wildman–Crippen LogP) is 3.42. The quantitative estimate of drug-likeness (QED) is 0.367. The average molecular weight is 360 g/mol. The van der Waals surface area contributed by atoms with Crippen LogP contribution in [-0.4, -0.2) is 29.7 Å². The first kappa shape index (κ1) is 18.5. The van der Waals surface area contributed by atoms with Crippen molar-refractivity contribution in [1.82, 2.24) is 0 Å². The third kappa shape index (κ3) is 4.57. The van der Waals surface area contributed by atoms with E-state index < -0.39 is 23.4 Å². The van der Waals surface area contributed by atoms with E-state index in [1.165, 1.54) is 36.9 Å². The molecule has 25 heavy (non-hydrogen) atoms. The summed E-state index contributed by atoms with van der Waals surface area (Å²) < 4.78 is 4.92. The summed E-state index contributed by atoms with van der Waals surface area (Å²) in [5, 5.41) is 13.8. The van der Waals surface area contributed by atoms with Crippen molar-refractivity contribution in [2.24, 2.45) is 0 Å². The van der Waals surface area contributed by atoms with Gasteiger partial charge in [-0.25, -0.2) is 4.79 Å². The Balaban J connectivity index is 2.04. The molecule has 0 aromatic heterocycles.